The van der Waals surface area contributed by atoms with Crippen LogP contribution in [-0.4, -0.2) is 20.6 Å². The highest BCUT2D eigenvalue weighted by atomic mass is 15.5. The maximum atomic E-state index is 3.96. The molecule has 1 aromatic carbocycles. The second kappa shape index (κ2) is 6.13. The molecule has 1 aromatic heterocycles. The number of aryl methyl sites for hydroxylation is 1. The Hall–Kier alpha value is -1.71. The normalized spacial score (nSPS) is 10.6. The van der Waals surface area contributed by atoms with E-state index in [1.807, 2.05) is 0 Å². The van der Waals surface area contributed by atoms with E-state index in [0.717, 1.165) is 12.0 Å². The largest absolute Gasteiger partial charge is 0.204 e. The Labute approximate surface area is 101 Å². The average Bonchev–Trinajstić information content (AvgIpc) is 2.89. The molecule has 1 heterocycles. The van der Waals surface area contributed by atoms with Crippen LogP contribution >= 0.6 is 0 Å². The Morgan fingerprint density at radius 2 is 1.88 bits per heavy atom. The molecule has 4 nitrogen and oxygen atoms in total. The van der Waals surface area contributed by atoms with Gasteiger partial charge in [0.05, 0.1) is 0 Å². The summed E-state index contributed by atoms with van der Waals surface area (Å²) in [6.07, 6.45) is 6.38. The molecule has 0 bridgehead atoms. The number of rotatable bonds is 6. The first-order valence-electron chi connectivity index (χ1n) is 6.23. The van der Waals surface area contributed by atoms with Crippen molar-refractivity contribution in [3.05, 3.63) is 29.8 Å². The summed E-state index contributed by atoms with van der Waals surface area (Å²) in [5.41, 5.74) is 2.39. The summed E-state index contributed by atoms with van der Waals surface area (Å²) in [7, 11) is 0. The highest BCUT2D eigenvalue weighted by molar-refractivity contribution is 5.54. The molecule has 0 fully saturated rings. The van der Waals surface area contributed by atoms with Gasteiger partial charge in [-0.2, -0.15) is 5.21 Å². The maximum absolute atomic E-state index is 3.96. The van der Waals surface area contributed by atoms with Crippen LogP contribution in [-0.2, 0) is 6.42 Å². The van der Waals surface area contributed by atoms with Crippen molar-refractivity contribution < 1.29 is 0 Å². The van der Waals surface area contributed by atoms with Gasteiger partial charge in [-0.25, -0.2) is 0 Å². The third kappa shape index (κ3) is 3.37. The fraction of sp³-hybridized carbons (Fsp3) is 0.462. The van der Waals surface area contributed by atoms with Gasteiger partial charge in [0.25, 0.3) is 0 Å². The Balaban J connectivity index is 1.90. The van der Waals surface area contributed by atoms with Gasteiger partial charge in [0.1, 0.15) is 0 Å². The molecule has 0 saturated heterocycles. The minimum absolute atomic E-state index is 0.655. The van der Waals surface area contributed by atoms with Crippen molar-refractivity contribution in [3.63, 3.8) is 0 Å². The molecule has 0 radical (unpaired) electrons. The molecule has 2 aromatic rings. The van der Waals surface area contributed by atoms with E-state index in [4.69, 9.17) is 0 Å². The van der Waals surface area contributed by atoms with Crippen molar-refractivity contribution in [1.82, 2.24) is 20.6 Å². The Morgan fingerprint density at radius 3 is 2.53 bits per heavy atom. The summed E-state index contributed by atoms with van der Waals surface area (Å²) in [6.45, 7) is 2.24. The number of aromatic amines is 1. The van der Waals surface area contributed by atoms with E-state index >= 15 is 0 Å². The molecule has 0 unspecified atom stereocenters. The number of nitrogens with zero attached hydrogens (tertiary/aromatic N) is 3. The van der Waals surface area contributed by atoms with Crippen LogP contribution in [0.1, 0.15) is 38.2 Å². The molecule has 17 heavy (non-hydrogen) atoms. The van der Waals surface area contributed by atoms with Crippen molar-refractivity contribution in [1.29, 1.82) is 0 Å². The first-order chi connectivity index (χ1) is 8.40. The fourth-order valence-corrected chi connectivity index (χ4v) is 1.86. The second-order valence-electron chi connectivity index (χ2n) is 4.24. The van der Waals surface area contributed by atoms with Gasteiger partial charge in [-0.1, -0.05) is 50.5 Å². The van der Waals surface area contributed by atoms with Crippen LogP contribution < -0.4 is 0 Å². The highest BCUT2D eigenvalue weighted by Gasteiger charge is 2.01. The predicted octanol–water partition coefficient (Wildman–Crippen LogP) is 2.99. The van der Waals surface area contributed by atoms with E-state index in [0.29, 0.717) is 5.82 Å². The lowest BCUT2D eigenvalue weighted by Gasteiger charge is -2.01. The van der Waals surface area contributed by atoms with E-state index in [1.165, 1.54) is 31.2 Å². The van der Waals surface area contributed by atoms with E-state index < -0.39 is 0 Å². The zero-order valence-corrected chi connectivity index (χ0v) is 10.2. The lowest BCUT2D eigenvalue weighted by atomic mass is 10.0. The number of unbranched alkanes of at least 4 members (excludes halogenated alkanes) is 3. The first kappa shape index (κ1) is 11.8. The van der Waals surface area contributed by atoms with Crippen LogP contribution in [0.25, 0.3) is 11.4 Å². The smallest absolute Gasteiger partial charge is 0.177 e. The molecule has 90 valence electrons. The minimum Gasteiger partial charge on any atom is -0.177 e. The lowest BCUT2D eigenvalue weighted by molar-refractivity contribution is 0.667. The van der Waals surface area contributed by atoms with Crippen molar-refractivity contribution in [2.45, 2.75) is 39.0 Å². The van der Waals surface area contributed by atoms with Gasteiger partial charge in [-0.3, -0.25) is 0 Å². The van der Waals surface area contributed by atoms with Gasteiger partial charge in [0, 0.05) is 5.56 Å². The number of aromatic nitrogens is 4. The zero-order chi connectivity index (χ0) is 11.9. The van der Waals surface area contributed by atoms with E-state index in [-0.39, 0.29) is 0 Å². The van der Waals surface area contributed by atoms with Crippen LogP contribution in [0.5, 0.6) is 0 Å². The molecule has 0 saturated carbocycles. The summed E-state index contributed by atoms with van der Waals surface area (Å²) in [5.74, 6) is 0.655. The lowest BCUT2D eigenvalue weighted by Crippen LogP contribution is -1.87. The Bertz CT molecular complexity index is 419. The summed E-state index contributed by atoms with van der Waals surface area (Å²) in [4.78, 5) is 0. The quantitative estimate of drug-likeness (QED) is 0.776. The van der Waals surface area contributed by atoms with E-state index in [1.54, 1.807) is 0 Å². The summed E-state index contributed by atoms with van der Waals surface area (Å²) in [6, 6.07) is 8.41. The monoisotopic (exact) mass is 230 g/mol. The minimum atomic E-state index is 0.655. The zero-order valence-electron chi connectivity index (χ0n) is 10.2. The standard InChI is InChI=1S/C13H18N4/c1-2-3-4-5-6-11-7-9-12(10-8-11)13-14-16-17-15-13/h7-10H,2-6H2,1H3,(H,14,15,16,17). The number of hydrogen-bond donors (Lipinski definition) is 1. The van der Waals surface area contributed by atoms with Crippen molar-refractivity contribution >= 4 is 0 Å². The first-order valence-corrected chi connectivity index (χ1v) is 6.23. The number of hydrogen-bond acceptors (Lipinski definition) is 3. The fourth-order valence-electron chi connectivity index (χ4n) is 1.86. The molecule has 0 aliphatic carbocycles. The van der Waals surface area contributed by atoms with Gasteiger partial charge >= 0.3 is 0 Å². The average molecular weight is 230 g/mol. The maximum Gasteiger partial charge on any atom is 0.204 e. The molecular weight excluding hydrogens is 212 g/mol. The van der Waals surface area contributed by atoms with Crippen molar-refractivity contribution in [2.24, 2.45) is 0 Å². The molecule has 4 heteroatoms. The molecular formula is C13H18N4. The van der Waals surface area contributed by atoms with Crippen LogP contribution in [0.3, 0.4) is 0 Å². The van der Waals surface area contributed by atoms with Crippen LogP contribution in [0.15, 0.2) is 24.3 Å². The number of benzene rings is 1. The molecule has 0 aliphatic heterocycles. The summed E-state index contributed by atoms with van der Waals surface area (Å²) < 4.78 is 0. The van der Waals surface area contributed by atoms with Crippen molar-refractivity contribution in [3.8, 4) is 11.4 Å². The molecule has 0 aliphatic rings. The molecule has 0 atom stereocenters. The number of tetrazole rings is 1. The summed E-state index contributed by atoms with van der Waals surface area (Å²) >= 11 is 0. The molecule has 0 spiro atoms. The third-order valence-electron chi connectivity index (χ3n) is 2.88. The van der Waals surface area contributed by atoms with Gasteiger partial charge in [-0.15, -0.1) is 10.2 Å². The van der Waals surface area contributed by atoms with E-state index in [2.05, 4.69) is 51.8 Å². The Morgan fingerprint density at radius 1 is 1.06 bits per heavy atom. The van der Waals surface area contributed by atoms with Gasteiger partial charge in [0.15, 0.2) is 0 Å². The third-order valence-corrected chi connectivity index (χ3v) is 2.88. The van der Waals surface area contributed by atoms with Crippen LogP contribution in [0, 0.1) is 0 Å². The molecule has 1 N–H and O–H groups in total. The highest BCUT2D eigenvalue weighted by Crippen LogP contribution is 2.15. The summed E-state index contributed by atoms with van der Waals surface area (Å²) in [5, 5.41) is 13.9. The van der Waals surface area contributed by atoms with Gasteiger partial charge < -0.3 is 0 Å². The van der Waals surface area contributed by atoms with Crippen molar-refractivity contribution in [2.75, 3.05) is 0 Å². The Kier molecular flexibility index (Phi) is 4.24. The predicted molar refractivity (Wildman–Crippen MR) is 67.5 cm³/mol. The molecule has 0 amide bonds. The van der Waals surface area contributed by atoms with Gasteiger partial charge in [0.2, 0.25) is 5.82 Å². The van der Waals surface area contributed by atoms with E-state index in [9.17, 15) is 0 Å². The van der Waals surface area contributed by atoms with Crippen LogP contribution in [0.2, 0.25) is 0 Å². The number of H-pyrrole nitrogens is 1. The molecule has 2 rings (SSSR count). The second-order valence-corrected chi connectivity index (χ2v) is 4.24. The SMILES string of the molecule is CCCCCCc1ccc(-c2nn[nH]n2)cc1. The van der Waals surface area contributed by atoms with Gasteiger partial charge in [-0.05, 0) is 23.6 Å². The van der Waals surface area contributed by atoms with Crippen LogP contribution in [0.4, 0.5) is 0 Å². The number of nitrogens with one attached hydrogen (secondary N) is 1. The topological polar surface area (TPSA) is 54.5 Å².